The van der Waals surface area contributed by atoms with Crippen LogP contribution in [0.2, 0.25) is 0 Å². The van der Waals surface area contributed by atoms with E-state index in [1.54, 1.807) is 30.6 Å². The number of benzene rings is 2. The minimum absolute atomic E-state index is 0.0406. The number of amides is 1. The number of nitrogens with zero attached hydrogens (tertiary/aromatic N) is 1. The Kier molecular flexibility index (Phi) is 5.58. The largest absolute Gasteiger partial charge is 0.322 e. The Hall–Kier alpha value is -3.10. The van der Waals surface area contributed by atoms with Gasteiger partial charge >= 0.3 is 0 Å². The van der Waals surface area contributed by atoms with E-state index >= 15 is 0 Å². The second kappa shape index (κ2) is 8.07. The Morgan fingerprint density at radius 2 is 1.70 bits per heavy atom. The minimum Gasteiger partial charge on any atom is -0.322 e. The van der Waals surface area contributed by atoms with Crippen molar-refractivity contribution in [3.05, 3.63) is 90.0 Å². The van der Waals surface area contributed by atoms with Crippen LogP contribution in [0.25, 0.3) is 0 Å². The molecule has 0 saturated heterocycles. The zero-order chi connectivity index (χ0) is 19.3. The molecular formula is C19H16FN3O3S. The molecule has 0 atom stereocenters. The maximum absolute atomic E-state index is 13.2. The lowest BCUT2D eigenvalue weighted by Gasteiger charge is -2.08. The standard InChI is InChI=1S/C19H16FN3O3S/c20-16-2-1-3-17(12-16)23-19(24)15-4-6-18(7-5-15)27(25,26)22-13-14-8-10-21-11-9-14/h1-12,22H,13H2,(H,23,24). The van der Waals surface area contributed by atoms with E-state index in [0.29, 0.717) is 5.69 Å². The van der Waals surface area contributed by atoms with Crippen molar-refractivity contribution in [2.45, 2.75) is 11.4 Å². The quantitative estimate of drug-likeness (QED) is 0.683. The van der Waals surface area contributed by atoms with E-state index in [-0.39, 0.29) is 17.0 Å². The summed E-state index contributed by atoms with van der Waals surface area (Å²) in [6.45, 7) is 0.132. The molecular weight excluding hydrogens is 369 g/mol. The second-order valence-corrected chi connectivity index (χ2v) is 7.44. The number of nitrogens with one attached hydrogen (secondary N) is 2. The predicted molar refractivity (Wildman–Crippen MR) is 99.1 cm³/mol. The molecule has 2 N–H and O–H groups in total. The number of anilines is 1. The van der Waals surface area contributed by atoms with E-state index in [2.05, 4.69) is 15.0 Å². The third-order valence-electron chi connectivity index (χ3n) is 3.72. The molecule has 6 nitrogen and oxygen atoms in total. The maximum Gasteiger partial charge on any atom is 0.255 e. The molecule has 0 fully saturated rings. The third-order valence-corrected chi connectivity index (χ3v) is 5.14. The van der Waals surface area contributed by atoms with E-state index in [0.717, 1.165) is 5.56 Å². The van der Waals surface area contributed by atoms with Gasteiger partial charge in [-0.3, -0.25) is 9.78 Å². The molecule has 3 aromatic rings. The van der Waals surface area contributed by atoms with E-state index in [1.165, 1.54) is 42.5 Å². The van der Waals surface area contributed by atoms with Crippen molar-refractivity contribution in [3.8, 4) is 0 Å². The van der Waals surface area contributed by atoms with Gasteiger partial charge in [0.1, 0.15) is 5.82 Å². The Bertz CT molecular complexity index is 1040. The number of rotatable bonds is 6. The summed E-state index contributed by atoms with van der Waals surface area (Å²) >= 11 is 0. The first-order valence-electron chi connectivity index (χ1n) is 7.99. The van der Waals surface area contributed by atoms with Crippen molar-refractivity contribution in [3.63, 3.8) is 0 Å². The molecule has 0 saturated carbocycles. The van der Waals surface area contributed by atoms with Gasteiger partial charge in [-0.2, -0.15) is 0 Å². The van der Waals surface area contributed by atoms with Gasteiger partial charge in [-0.15, -0.1) is 0 Å². The van der Waals surface area contributed by atoms with Crippen LogP contribution in [-0.2, 0) is 16.6 Å². The molecule has 0 aliphatic carbocycles. The highest BCUT2D eigenvalue weighted by atomic mass is 32.2. The molecule has 8 heteroatoms. The smallest absolute Gasteiger partial charge is 0.255 e. The highest BCUT2D eigenvalue weighted by Crippen LogP contribution is 2.14. The zero-order valence-corrected chi connectivity index (χ0v) is 14.9. The van der Waals surface area contributed by atoms with Crippen LogP contribution in [0, 0.1) is 5.82 Å². The summed E-state index contributed by atoms with van der Waals surface area (Å²) in [6.07, 6.45) is 3.16. The van der Waals surface area contributed by atoms with Crippen LogP contribution < -0.4 is 10.0 Å². The van der Waals surface area contributed by atoms with Crippen molar-refractivity contribution in [2.75, 3.05) is 5.32 Å². The van der Waals surface area contributed by atoms with Crippen LogP contribution in [0.1, 0.15) is 15.9 Å². The summed E-state index contributed by atoms with van der Waals surface area (Å²) < 4.78 is 40.4. The average Bonchev–Trinajstić information content (AvgIpc) is 2.67. The summed E-state index contributed by atoms with van der Waals surface area (Å²) in [7, 11) is -3.72. The Labute approximate surface area is 156 Å². The van der Waals surface area contributed by atoms with Crippen LogP contribution in [0.5, 0.6) is 0 Å². The topological polar surface area (TPSA) is 88.2 Å². The summed E-state index contributed by atoms with van der Waals surface area (Å²) in [5.41, 5.74) is 1.35. The van der Waals surface area contributed by atoms with Gasteiger partial charge < -0.3 is 5.32 Å². The normalized spacial score (nSPS) is 11.1. The molecule has 138 valence electrons. The van der Waals surface area contributed by atoms with Crippen LogP contribution in [0.15, 0.2) is 78.0 Å². The van der Waals surface area contributed by atoms with Crippen molar-refractivity contribution < 1.29 is 17.6 Å². The number of carbonyl (C=O) groups excluding carboxylic acids is 1. The average molecular weight is 385 g/mol. The highest BCUT2D eigenvalue weighted by Gasteiger charge is 2.15. The Morgan fingerprint density at radius 1 is 1.00 bits per heavy atom. The van der Waals surface area contributed by atoms with Crippen molar-refractivity contribution in [1.82, 2.24) is 9.71 Å². The highest BCUT2D eigenvalue weighted by molar-refractivity contribution is 7.89. The van der Waals surface area contributed by atoms with Crippen LogP contribution >= 0.6 is 0 Å². The molecule has 3 rings (SSSR count). The first kappa shape index (κ1) is 18.7. The maximum atomic E-state index is 13.2. The molecule has 0 unspecified atom stereocenters. The van der Waals surface area contributed by atoms with Gasteiger partial charge in [0, 0.05) is 30.2 Å². The molecule has 0 spiro atoms. The fourth-order valence-corrected chi connectivity index (χ4v) is 3.34. The lowest BCUT2D eigenvalue weighted by molar-refractivity contribution is 0.102. The van der Waals surface area contributed by atoms with Gasteiger partial charge in [-0.1, -0.05) is 6.07 Å². The fraction of sp³-hybridized carbons (Fsp3) is 0.0526. The van der Waals surface area contributed by atoms with Crippen molar-refractivity contribution in [1.29, 1.82) is 0 Å². The molecule has 1 amide bonds. The lowest BCUT2D eigenvalue weighted by Crippen LogP contribution is -2.23. The Balaban J connectivity index is 1.67. The third kappa shape index (κ3) is 4.96. The molecule has 0 bridgehead atoms. The van der Waals surface area contributed by atoms with E-state index in [9.17, 15) is 17.6 Å². The first-order valence-corrected chi connectivity index (χ1v) is 9.48. The number of sulfonamides is 1. The lowest BCUT2D eigenvalue weighted by atomic mass is 10.2. The monoisotopic (exact) mass is 385 g/mol. The number of hydrogen-bond acceptors (Lipinski definition) is 4. The second-order valence-electron chi connectivity index (χ2n) is 5.67. The van der Waals surface area contributed by atoms with Crippen LogP contribution in [0.4, 0.5) is 10.1 Å². The van der Waals surface area contributed by atoms with E-state index < -0.39 is 21.7 Å². The summed E-state index contributed by atoms with van der Waals surface area (Å²) in [6, 6.07) is 14.4. The predicted octanol–water partition coefficient (Wildman–Crippen LogP) is 2.95. The molecule has 27 heavy (non-hydrogen) atoms. The van der Waals surface area contributed by atoms with Gasteiger partial charge in [-0.05, 0) is 60.2 Å². The SMILES string of the molecule is O=C(Nc1cccc(F)c1)c1ccc(S(=O)(=O)NCc2ccncc2)cc1. The van der Waals surface area contributed by atoms with Gasteiger partial charge in [0.25, 0.3) is 5.91 Å². The van der Waals surface area contributed by atoms with Crippen molar-refractivity contribution >= 4 is 21.6 Å². The van der Waals surface area contributed by atoms with Gasteiger partial charge in [0.15, 0.2) is 0 Å². The van der Waals surface area contributed by atoms with Crippen LogP contribution in [0.3, 0.4) is 0 Å². The number of carbonyl (C=O) groups is 1. The first-order chi connectivity index (χ1) is 12.9. The molecule has 0 aliphatic rings. The summed E-state index contributed by atoms with van der Waals surface area (Å²) in [4.78, 5) is 16.1. The van der Waals surface area contributed by atoms with Crippen molar-refractivity contribution in [2.24, 2.45) is 0 Å². The molecule has 0 aliphatic heterocycles. The molecule has 1 aromatic heterocycles. The summed E-state index contributed by atoms with van der Waals surface area (Å²) in [5, 5.41) is 2.55. The number of halogens is 1. The van der Waals surface area contributed by atoms with E-state index in [1.807, 2.05) is 0 Å². The minimum atomic E-state index is -3.72. The fourth-order valence-electron chi connectivity index (χ4n) is 2.32. The summed E-state index contributed by atoms with van der Waals surface area (Å²) in [5.74, 6) is -0.927. The number of hydrogen-bond donors (Lipinski definition) is 2. The Morgan fingerprint density at radius 3 is 2.37 bits per heavy atom. The van der Waals surface area contributed by atoms with Gasteiger partial charge in [-0.25, -0.2) is 17.5 Å². The molecule has 1 heterocycles. The number of pyridine rings is 1. The van der Waals surface area contributed by atoms with E-state index in [4.69, 9.17) is 0 Å². The van der Waals surface area contributed by atoms with Crippen LogP contribution in [-0.4, -0.2) is 19.3 Å². The number of aromatic nitrogens is 1. The molecule has 2 aromatic carbocycles. The van der Waals surface area contributed by atoms with Gasteiger partial charge in [0.2, 0.25) is 10.0 Å². The zero-order valence-electron chi connectivity index (χ0n) is 14.1. The van der Waals surface area contributed by atoms with Gasteiger partial charge in [0.05, 0.1) is 4.90 Å². The molecule has 0 radical (unpaired) electrons.